The van der Waals surface area contributed by atoms with Gasteiger partial charge in [-0.3, -0.25) is 9.69 Å². The Morgan fingerprint density at radius 3 is 2.46 bits per heavy atom. The third-order valence-corrected chi connectivity index (χ3v) is 5.68. The summed E-state index contributed by atoms with van der Waals surface area (Å²) < 4.78 is 0. The number of piperidine rings is 2. The van der Waals surface area contributed by atoms with Crippen LogP contribution in [0, 0.1) is 17.8 Å². The zero-order chi connectivity index (χ0) is 15.9. The van der Waals surface area contributed by atoms with Gasteiger partial charge < -0.3 is 10.6 Å². The van der Waals surface area contributed by atoms with E-state index < -0.39 is 0 Å². The minimum Gasteiger partial charge on any atom is -0.355 e. The van der Waals surface area contributed by atoms with Crippen LogP contribution in [0.4, 0.5) is 0 Å². The molecule has 0 saturated carbocycles. The van der Waals surface area contributed by atoms with Gasteiger partial charge in [0.05, 0.1) is 0 Å². The van der Waals surface area contributed by atoms with Crippen molar-refractivity contribution in [3.05, 3.63) is 0 Å². The molecule has 0 spiro atoms. The predicted molar refractivity (Wildman–Crippen MR) is 106 cm³/mol. The molecule has 0 bridgehead atoms. The Hall–Kier alpha value is -0.0300. The van der Waals surface area contributed by atoms with Crippen molar-refractivity contribution in [2.24, 2.45) is 17.8 Å². The van der Waals surface area contributed by atoms with Gasteiger partial charge in [-0.05, 0) is 76.5 Å². The molecule has 2 N–H and O–H groups in total. The van der Waals surface area contributed by atoms with Crippen LogP contribution in [-0.2, 0) is 4.79 Å². The van der Waals surface area contributed by atoms with Crippen LogP contribution < -0.4 is 10.6 Å². The average Bonchev–Trinajstić information content (AvgIpc) is 2.54. The van der Waals surface area contributed by atoms with Crippen molar-refractivity contribution in [3.8, 4) is 0 Å². The fraction of sp³-hybridized carbons (Fsp3) is 0.944. The molecule has 144 valence electrons. The lowest BCUT2D eigenvalue weighted by Gasteiger charge is -2.35. The molecule has 3 atom stereocenters. The molecule has 0 aliphatic carbocycles. The molecule has 2 saturated heterocycles. The fourth-order valence-corrected chi connectivity index (χ4v) is 3.76. The smallest absolute Gasteiger partial charge is 0.220 e. The second-order valence-corrected chi connectivity index (χ2v) is 7.66. The highest BCUT2D eigenvalue weighted by Crippen LogP contribution is 2.22. The summed E-state index contributed by atoms with van der Waals surface area (Å²) in [5.41, 5.74) is 0. The number of halogens is 2. The van der Waals surface area contributed by atoms with Crippen molar-refractivity contribution in [1.29, 1.82) is 0 Å². The number of carbonyl (C=O) groups excluding carboxylic acids is 1. The molecule has 24 heavy (non-hydrogen) atoms. The average molecular weight is 382 g/mol. The molecule has 1 amide bonds. The zero-order valence-corrected chi connectivity index (χ0v) is 17.2. The van der Waals surface area contributed by atoms with Gasteiger partial charge in [-0.25, -0.2) is 0 Å². The summed E-state index contributed by atoms with van der Waals surface area (Å²) in [4.78, 5) is 14.7. The molecule has 0 aromatic carbocycles. The highest BCUT2D eigenvalue weighted by Gasteiger charge is 2.23. The van der Waals surface area contributed by atoms with Gasteiger partial charge in [-0.1, -0.05) is 13.8 Å². The molecule has 6 heteroatoms. The summed E-state index contributed by atoms with van der Waals surface area (Å²) >= 11 is 0. The zero-order valence-electron chi connectivity index (χ0n) is 15.6. The van der Waals surface area contributed by atoms with Crippen LogP contribution in [0.1, 0.15) is 52.9 Å². The minimum absolute atomic E-state index is 0. The van der Waals surface area contributed by atoms with Crippen molar-refractivity contribution in [2.45, 2.75) is 58.9 Å². The van der Waals surface area contributed by atoms with Crippen LogP contribution in [-0.4, -0.2) is 49.6 Å². The van der Waals surface area contributed by atoms with Crippen LogP contribution in [0.25, 0.3) is 0 Å². The summed E-state index contributed by atoms with van der Waals surface area (Å²) in [5, 5.41) is 6.61. The first kappa shape index (κ1) is 24.0. The molecule has 4 nitrogen and oxygen atoms in total. The summed E-state index contributed by atoms with van der Waals surface area (Å²) in [7, 11) is 0. The maximum Gasteiger partial charge on any atom is 0.220 e. The van der Waals surface area contributed by atoms with Crippen LogP contribution in [0.15, 0.2) is 0 Å². The molecule has 2 heterocycles. The van der Waals surface area contributed by atoms with Gasteiger partial charge >= 0.3 is 0 Å². The Kier molecular flexibility index (Phi) is 12.3. The van der Waals surface area contributed by atoms with Gasteiger partial charge in [0.15, 0.2) is 0 Å². The summed E-state index contributed by atoms with van der Waals surface area (Å²) in [6.07, 6.45) is 5.79. The van der Waals surface area contributed by atoms with Crippen LogP contribution in [0.2, 0.25) is 0 Å². The molecule has 2 fully saturated rings. The van der Waals surface area contributed by atoms with Gasteiger partial charge in [0.2, 0.25) is 5.91 Å². The summed E-state index contributed by atoms with van der Waals surface area (Å²) in [5.74, 6) is 2.25. The molecule has 2 rings (SSSR count). The largest absolute Gasteiger partial charge is 0.355 e. The number of rotatable bonds is 6. The van der Waals surface area contributed by atoms with Crippen LogP contribution in [0.5, 0.6) is 0 Å². The number of hydrogen-bond acceptors (Lipinski definition) is 3. The van der Waals surface area contributed by atoms with E-state index in [-0.39, 0.29) is 30.7 Å². The molecule has 0 aromatic heterocycles. The SMILES string of the molecule is CC1CCN(C(C)CNC(=O)CC(C)C2CCCNC2)CC1.Cl.Cl. The highest BCUT2D eigenvalue weighted by molar-refractivity contribution is 5.85. The third kappa shape index (κ3) is 7.90. The Morgan fingerprint density at radius 2 is 1.88 bits per heavy atom. The molecule has 3 unspecified atom stereocenters. The van der Waals surface area contributed by atoms with E-state index in [4.69, 9.17) is 0 Å². The van der Waals surface area contributed by atoms with E-state index in [9.17, 15) is 4.79 Å². The number of carbonyl (C=O) groups is 1. The second-order valence-electron chi connectivity index (χ2n) is 7.66. The normalized spacial score (nSPS) is 25.0. The molecule has 2 aliphatic heterocycles. The lowest BCUT2D eigenvalue weighted by atomic mass is 9.85. The second kappa shape index (κ2) is 12.3. The Labute approximate surface area is 160 Å². The molecular weight excluding hydrogens is 345 g/mol. The number of likely N-dealkylation sites (tertiary alicyclic amines) is 1. The van der Waals surface area contributed by atoms with Crippen molar-refractivity contribution in [1.82, 2.24) is 15.5 Å². The van der Waals surface area contributed by atoms with E-state index in [1.807, 2.05) is 0 Å². The van der Waals surface area contributed by atoms with E-state index >= 15 is 0 Å². The van der Waals surface area contributed by atoms with Crippen molar-refractivity contribution in [2.75, 3.05) is 32.7 Å². The topological polar surface area (TPSA) is 44.4 Å². The van der Waals surface area contributed by atoms with Crippen LogP contribution in [0.3, 0.4) is 0 Å². The first-order valence-corrected chi connectivity index (χ1v) is 9.27. The maximum absolute atomic E-state index is 12.2. The van der Waals surface area contributed by atoms with Gasteiger partial charge in [-0.15, -0.1) is 24.8 Å². The predicted octanol–water partition coefficient (Wildman–Crippen LogP) is 3.09. The Balaban J connectivity index is 0.00000264. The number of nitrogens with zero attached hydrogens (tertiary/aromatic N) is 1. The molecule has 0 radical (unpaired) electrons. The fourth-order valence-electron chi connectivity index (χ4n) is 3.76. The van der Waals surface area contributed by atoms with E-state index in [0.717, 1.165) is 25.6 Å². The quantitative estimate of drug-likeness (QED) is 0.742. The summed E-state index contributed by atoms with van der Waals surface area (Å²) in [6.45, 7) is 12.2. The number of hydrogen-bond donors (Lipinski definition) is 2. The van der Waals surface area contributed by atoms with Gasteiger partial charge in [0.1, 0.15) is 0 Å². The molecular formula is C18H37Cl2N3O. The maximum atomic E-state index is 12.2. The van der Waals surface area contributed by atoms with E-state index in [1.165, 1.54) is 38.8 Å². The van der Waals surface area contributed by atoms with Gasteiger partial charge in [0, 0.05) is 19.0 Å². The van der Waals surface area contributed by atoms with Crippen molar-refractivity contribution >= 4 is 30.7 Å². The highest BCUT2D eigenvalue weighted by atomic mass is 35.5. The Morgan fingerprint density at radius 1 is 1.21 bits per heavy atom. The molecule has 2 aliphatic rings. The third-order valence-electron chi connectivity index (χ3n) is 5.68. The lowest BCUT2D eigenvalue weighted by molar-refractivity contribution is -0.122. The first-order chi connectivity index (χ1) is 10.6. The monoisotopic (exact) mass is 381 g/mol. The standard InChI is InChI=1S/C18H35N3O.2ClH/c1-14-6-9-21(10-7-14)16(3)12-20-18(22)11-15(2)17-5-4-8-19-13-17;;/h14-17,19H,4-13H2,1-3H3,(H,20,22);2*1H. The van der Waals surface area contributed by atoms with Gasteiger partial charge in [-0.2, -0.15) is 0 Å². The van der Waals surface area contributed by atoms with E-state index in [0.29, 0.717) is 24.3 Å². The van der Waals surface area contributed by atoms with E-state index in [2.05, 4.69) is 36.3 Å². The van der Waals surface area contributed by atoms with E-state index in [1.54, 1.807) is 0 Å². The first-order valence-electron chi connectivity index (χ1n) is 9.27. The number of nitrogens with one attached hydrogen (secondary N) is 2. The molecule has 0 aromatic rings. The summed E-state index contributed by atoms with van der Waals surface area (Å²) in [6, 6.07) is 0.461. The minimum atomic E-state index is 0. The van der Waals surface area contributed by atoms with Gasteiger partial charge in [0.25, 0.3) is 0 Å². The lowest BCUT2D eigenvalue weighted by Crippen LogP contribution is -2.46. The van der Waals surface area contributed by atoms with Crippen molar-refractivity contribution in [3.63, 3.8) is 0 Å². The van der Waals surface area contributed by atoms with Crippen LogP contribution >= 0.6 is 24.8 Å². The number of amides is 1. The Bertz CT molecular complexity index is 343. The van der Waals surface area contributed by atoms with Crippen molar-refractivity contribution < 1.29 is 4.79 Å².